The number of benzene rings is 2. The van der Waals surface area contributed by atoms with Crippen molar-refractivity contribution in [1.82, 2.24) is 9.62 Å². The molecule has 1 amide bonds. The van der Waals surface area contributed by atoms with Gasteiger partial charge in [-0.1, -0.05) is 36.7 Å². The maximum atomic E-state index is 14.0. The summed E-state index contributed by atoms with van der Waals surface area (Å²) in [5, 5.41) is 0.441. The summed E-state index contributed by atoms with van der Waals surface area (Å²) < 4.78 is 35.8. The lowest BCUT2D eigenvalue weighted by molar-refractivity contribution is -0.205. The Morgan fingerprint density at radius 1 is 1.10 bits per heavy atom. The smallest absolute Gasteiger partial charge is 0.262 e. The van der Waals surface area contributed by atoms with Crippen molar-refractivity contribution < 1.29 is 23.2 Å². The Morgan fingerprint density at radius 2 is 1.92 bits per heavy atom. The number of halogens is 1. The average molecular weight is 722 g/mol. The van der Waals surface area contributed by atoms with Gasteiger partial charge in [-0.05, 0) is 111 Å². The molecule has 4 heterocycles. The van der Waals surface area contributed by atoms with Crippen LogP contribution in [0.5, 0.6) is 5.75 Å². The highest BCUT2D eigenvalue weighted by atomic mass is 35.5. The molecule has 8 rings (SSSR count). The van der Waals surface area contributed by atoms with Crippen molar-refractivity contribution >= 4 is 38.8 Å². The summed E-state index contributed by atoms with van der Waals surface area (Å²) in [7, 11) is -1.06. The van der Waals surface area contributed by atoms with Crippen LogP contribution in [0, 0.1) is 23.2 Å². The normalized spacial score (nSPS) is 37.2. The molecule has 4 aliphatic heterocycles. The first-order valence-electron chi connectivity index (χ1n) is 18.5. The number of allylic oxidation sites excluding steroid dienone is 1. The van der Waals surface area contributed by atoms with E-state index >= 15 is 0 Å². The highest BCUT2D eigenvalue weighted by molar-refractivity contribution is 7.99. The lowest BCUT2D eigenvalue weighted by Crippen LogP contribution is -2.69. The Labute approximate surface area is 303 Å². The molecular weight excluding hydrogens is 670 g/mol. The standard InChI is InChI=1S/C40H52ClN3O5S/c1-27-7-5-16-40(47-3,23-43-20-38(21-43)24-48-25-38)34-12-9-31(34)19-44-22-39(15-6-8-29-17-32(41)11-13-33(29)39)26-49-36-14-10-30(18-35(36)44)37(45)42-50(4,46)28(27)2/h5,10-11,13-14,16-18,27-28,31,34H,4,6-9,12,15,19-26H2,1-3H3,(H,42,45,46)/b16-5+/t27-,28+,31-,34+,39-,40+,50?/m0/s1. The molecule has 7 atom stereocenters. The highest BCUT2D eigenvalue weighted by Gasteiger charge is 2.54. The van der Waals surface area contributed by atoms with E-state index in [1.54, 1.807) is 6.07 Å². The predicted octanol–water partition coefficient (Wildman–Crippen LogP) is 5.90. The van der Waals surface area contributed by atoms with E-state index in [0.29, 0.717) is 29.4 Å². The maximum Gasteiger partial charge on any atom is 0.262 e. The van der Waals surface area contributed by atoms with Gasteiger partial charge in [0.05, 0.1) is 35.2 Å². The Balaban J connectivity index is 1.20. The van der Waals surface area contributed by atoms with Gasteiger partial charge in [-0.3, -0.25) is 14.4 Å². The fraction of sp³-hybridized carbons (Fsp3) is 0.600. The van der Waals surface area contributed by atoms with E-state index < -0.39 is 15.3 Å². The Morgan fingerprint density at radius 3 is 2.64 bits per heavy atom. The van der Waals surface area contributed by atoms with Gasteiger partial charge in [0.2, 0.25) is 0 Å². The molecular formula is C40H52ClN3O5S. The summed E-state index contributed by atoms with van der Waals surface area (Å²) >= 11 is 6.50. The third kappa shape index (κ3) is 5.99. The monoisotopic (exact) mass is 721 g/mol. The number of anilines is 1. The Kier molecular flexibility index (Phi) is 8.86. The van der Waals surface area contributed by atoms with Crippen LogP contribution < -0.4 is 14.4 Å². The van der Waals surface area contributed by atoms with Gasteiger partial charge in [0, 0.05) is 66.5 Å². The number of nitrogens with one attached hydrogen (secondary N) is 1. The van der Waals surface area contributed by atoms with Crippen LogP contribution >= 0.6 is 11.6 Å². The molecule has 1 saturated carbocycles. The van der Waals surface area contributed by atoms with Gasteiger partial charge in [-0.25, -0.2) is 4.21 Å². The minimum Gasteiger partial charge on any atom is -0.490 e. The van der Waals surface area contributed by atoms with Crippen molar-refractivity contribution in [2.45, 2.75) is 68.6 Å². The number of hydrogen-bond donors (Lipinski definition) is 1. The molecule has 0 radical (unpaired) electrons. The number of fused-ring (bicyclic) bond motifs is 4. The number of amides is 1. The molecule has 1 unspecified atom stereocenters. The number of rotatable bonds is 3. The van der Waals surface area contributed by atoms with Crippen LogP contribution in [0.3, 0.4) is 0 Å². The van der Waals surface area contributed by atoms with E-state index in [9.17, 15) is 9.00 Å². The zero-order valence-corrected chi connectivity index (χ0v) is 31.3. The van der Waals surface area contributed by atoms with Gasteiger partial charge in [0.1, 0.15) is 11.4 Å². The van der Waals surface area contributed by atoms with Crippen molar-refractivity contribution in [2.75, 3.05) is 64.6 Å². The first-order valence-corrected chi connectivity index (χ1v) is 20.6. The van der Waals surface area contributed by atoms with Crippen LogP contribution in [0.15, 0.2) is 48.6 Å². The Bertz CT molecular complexity index is 1790. The van der Waals surface area contributed by atoms with Crippen LogP contribution in [0.4, 0.5) is 5.69 Å². The summed E-state index contributed by atoms with van der Waals surface area (Å²) in [6.07, 6.45) is 10.6. The number of ether oxygens (including phenoxy) is 3. The number of likely N-dealkylation sites (tertiary alicyclic amines) is 1. The quantitative estimate of drug-likeness (QED) is 0.312. The number of methoxy groups -OCH3 is 1. The molecule has 2 spiro atoms. The second kappa shape index (κ2) is 12.8. The van der Waals surface area contributed by atoms with Crippen LogP contribution in [-0.2, 0) is 31.0 Å². The van der Waals surface area contributed by atoms with Crippen LogP contribution in [-0.4, -0.2) is 91.4 Å². The Hall–Kier alpha value is -2.56. The fourth-order valence-corrected chi connectivity index (χ4v) is 11.5. The van der Waals surface area contributed by atoms with Gasteiger partial charge in [-0.2, -0.15) is 0 Å². The van der Waals surface area contributed by atoms with Gasteiger partial charge >= 0.3 is 0 Å². The first-order chi connectivity index (χ1) is 23.9. The molecule has 6 aliphatic rings. The summed E-state index contributed by atoms with van der Waals surface area (Å²) in [5.74, 6) is 5.22. The molecule has 2 saturated heterocycles. The summed E-state index contributed by atoms with van der Waals surface area (Å²) in [6.45, 7) is 10.8. The van der Waals surface area contributed by atoms with Gasteiger partial charge in [-0.15, -0.1) is 0 Å². The van der Waals surface area contributed by atoms with Crippen molar-refractivity contribution in [3.63, 3.8) is 0 Å². The molecule has 0 aromatic heterocycles. The fourth-order valence-electron chi connectivity index (χ4n) is 9.84. The van der Waals surface area contributed by atoms with Crippen LogP contribution in [0.1, 0.15) is 67.4 Å². The molecule has 2 aliphatic carbocycles. The van der Waals surface area contributed by atoms with E-state index in [2.05, 4.69) is 51.6 Å². The second-order valence-electron chi connectivity index (χ2n) is 16.5. The third-order valence-corrected chi connectivity index (χ3v) is 15.6. The number of nitrogens with zero attached hydrogens (tertiary/aromatic N) is 2. The summed E-state index contributed by atoms with van der Waals surface area (Å²) in [4.78, 5) is 18.8. The maximum absolute atomic E-state index is 14.0. The molecule has 3 fully saturated rings. The van der Waals surface area contributed by atoms with Crippen LogP contribution in [0.25, 0.3) is 0 Å². The molecule has 2 bridgehead atoms. The lowest BCUT2D eigenvalue weighted by Gasteiger charge is -2.58. The third-order valence-electron chi connectivity index (χ3n) is 13.2. The predicted molar refractivity (Wildman–Crippen MR) is 201 cm³/mol. The molecule has 270 valence electrons. The average Bonchev–Trinajstić information content (AvgIpc) is 3.19. The van der Waals surface area contributed by atoms with E-state index in [0.717, 1.165) is 101 Å². The minimum absolute atomic E-state index is 0.0379. The molecule has 8 nitrogen and oxygen atoms in total. The molecule has 10 heteroatoms. The van der Waals surface area contributed by atoms with E-state index in [1.807, 2.05) is 32.2 Å². The van der Waals surface area contributed by atoms with Crippen molar-refractivity contribution in [3.05, 3.63) is 70.3 Å². The number of hydrogen-bond acceptors (Lipinski definition) is 7. The second-order valence-corrected chi connectivity index (χ2v) is 19.3. The van der Waals surface area contributed by atoms with E-state index in [1.165, 1.54) is 11.1 Å². The van der Waals surface area contributed by atoms with Gasteiger partial charge in [0.25, 0.3) is 5.91 Å². The number of carbonyl (C=O) groups is 1. The summed E-state index contributed by atoms with van der Waals surface area (Å²) in [6, 6.07) is 12.0. The molecule has 1 N–H and O–H groups in total. The highest BCUT2D eigenvalue weighted by Crippen LogP contribution is 2.50. The molecule has 2 aromatic carbocycles. The zero-order chi connectivity index (χ0) is 34.9. The first kappa shape index (κ1) is 34.5. The number of carbonyl (C=O) groups excluding carboxylic acids is 1. The zero-order valence-electron chi connectivity index (χ0n) is 29.8. The largest absolute Gasteiger partial charge is 0.490 e. The molecule has 2 aromatic rings. The van der Waals surface area contributed by atoms with Gasteiger partial charge < -0.3 is 19.1 Å². The minimum atomic E-state index is -2.94. The van der Waals surface area contributed by atoms with Crippen LogP contribution in [0.2, 0.25) is 5.02 Å². The SMILES string of the molecule is C=S1(=O)NC(=O)c2ccc3c(c2)N(C[C@@H]2CC[C@H]2[C@@](CN2CC4(COC4)C2)(OC)/C=C/C[C@H](C)[C@H]1C)C[C@@]1(CCCc2cc(Cl)ccc21)CO3. The lowest BCUT2D eigenvalue weighted by atomic mass is 9.63. The topological polar surface area (TPSA) is 80.3 Å². The van der Waals surface area contributed by atoms with E-state index in [-0.39, 0.29) is 22.5 Å². The van der Waals surface area contributed by atoms with Crippen molar-refractivity contribution in [3.8, 4) is 5.75 Å². The van der Waals surface area contributed by atoms with Crippen molar-refractivity contribution in [2.24, 2.45) is 23.2 Å². The number of aryl methyl sites for hydroxylation is 1. The van der Waals surface area contributed by atoms with Gasteiger partial charge in [0.15, 0.2) is 0 Å². The van der Waals surface area contributed by atoms with E-state index in [4.69, 9.17) is 25.8 Å². The summed E-state index contributed by atoms with van der Waals surface area (Å²) in [5.41, 5.74) is 3.65. The van der Waals surface area contributed by atoms with Crippen molar-refractivity contribution in [1.29, 1.82) is 0 Å². The molecule has 50 heavy (non-hydrogen) atoms.